The van der Waals surface area contributed by atoms with Gasteiger partial charge in [0, 0.05) is 10.6 Å². The maximum absolute atomic E-state index is 13.1. The average Bonchev–Trinajstić information content (AvgIpc) is 2.85. The normalized spacial score (nSPS) is 10.7. The molecule has 2 aromatic carbocycles. The van der Waals surface area contributed by atoms with E-state index < -0.39 is 0 Å². The number of hydrogen-bond donors (Lipinski definition) is 0. The van der Waals surface area contributed by atoms with E-state index in [1.165, 1.54) is 12.1 Å². The summed E-state index contributed by atoms with van der Waals surface area (Å²) in [4.78, 5) is 11.4. The van der Waals surface area contributed by atoms with Crippen LogP contribution in [0.4, 0.5) is 4.39 Å². The highest BCUT2D eigenvalue weighted by atomic mass is 79.9. The van der Waals surface area contributed by atoms with Crippen molar-refractivity contribution in [1.82, 2.24) is 9.78 Å². The molecule has 0 N–H and O–H groups in total. The predicted octanol–water partition coefficient (Wildman–Crippen LogP) is 4.91. The van der Waals surface area contributed by atoms with E-state index in [4.69, 9.17) is 11.6 Å². The van der Waals surface area contributed by atoms with Gasteiger partial charge in [-0.05, 0) is 58.4 Å². The molecule has 22 heavy (non-hydrogen) atoms. The summed E-state index contributed by atoms with van der Waals surface area (Å²) in [6, 6.07) is 12.9. The van der Waals surface area contributed by atoms with Crippen LogP contribution in [0.5, 0.6) is 0 Å². The number of carbonyl (C=O) groups is 1. The van der Waals surface area contributed by atoms with Crippen molar-refractivity contribution in [2.24, 2.45) is 0 Å². The molecule has 0 spiro atoms. The van der Waals surface area contributed by atoms with Crippen LogP contribution in [0.2, 0.25) is 5.02 Å². The van der Waals surface area contributed by atoms with Crippen molar-refractivity contribution >= 4 is 33.8 Å². The quantitative estimate of drug-likeness (QED) is 0.606. The van der Waals surface area contributed by atoms with Crippen LogP contribution in [0, 0.1) is 5.82 Å². The molecule has 1 heterocycles. The Morgan fingerprint density at radius 2 is 1.91 bits per heavy atom. The first-order valence-electron chi connectivity index (χ1n) is 6.35. The first-order chi connectivity index (χ1) is 10.6. The Bertz CT molecular complexity index is 846. The number of nitrogens with zero attached hydrogens (tertiary/aromatic N) is 2. The van der Waals surface area contributed by atoms with E-state index in [-0.39, 0.29) is 5.82 Å². The van der Waals surface area contributed by atoms with Crippen LogP contribution in [-0.2, 0) is 0 Å². The van der Waals surface area contributed by atoms with Crippen molar-refractivity contribution in [3.8, 4) is 16.9 Å². The molecule has 3 rings (SSSR count). The molecular formula is C16H9BrClFN2O. The van der Waals surface area contributed by atoms with Gasteiger partial charge in [0.2, 0.25) is 0 Å². The second-order valence-electron chi connectivity index (χ2n) is 4.57. The van der Waals surface area contributed by atoms with Crippen LogP contribution in [0.25, 0.3) is 16.9 Å². The second kappa shape index (κ2) is 6.02. The third-order valence-corrected chi connectivity index (χ3v) is 4.15. The molecule has 3 nitrogen and oxygen atoms in total. The number of rotatable bonds is 3. The lowest BCUT2D eigenvalue weighted by atomic mass is 10.1. The number of benzene rings is 2. The van der Waals surface area contributed by atoms with Gasteiger partial charge in [0.15, 0.2) is 6.29 Å². The fourth-order valence-electron chi connectivity index (χ4n) is 2.11. The summed E-state index contributed by atoms with van der Waals surface area (Å²) in [6.45, 7) is 0. The first kappa shape index (κ1) is 14.9. The van der Waals surface area contributed by atoms with Gasteiger partial charge < -0.3 is 0 Å². The first-order valence-corrected chi connectivity index (χ1v) is 7.53. The van der Waals surface area contributed by atoms with Gasteiger partial charge in [-0.25, -0.2) is 9.07 Å². The summed E-state index contributed by atoms with van der Waals surface area (Å²) < 4.78 is 15.2. The molecule has 0 radical (unpaired) electrons. The molecule has 0 aliphatic carbocycles. The van der Waals surface area contributed by atoms with Crippen molar-refractivity contribution < 1.29 is 9.18 Å². The molecule has 6 heteroatoms. The van der Waals surface area contributed by atoms with Crippen molar-refractivity contribution in [1.29, 1.82) is 0 Å². The second-order valence-corrected chi connectivity index (χ2v) is 5.76. The fraction of sp³-hybridized carbons (Fsp3) is 0. The molecule has 0 aliphatic rings. The lowest BCUT2D eigenvalue weighted by molar-refractivity contribution is 0.112. The maximum Gasteiger partial charge on any atom is 0.155 e. The van der Waals surface area contributed by atoms with E-state index >= 15 is 0 Å². The molecule has 0 bridgehead atoms. The highest BCUT2D eigenvalue weighted by molar-refractivity contribution is 9.10. The summed E-state index contributed by atoms with van der Waals surface area (Å²) in [6.07, 6.45) is 0.719. The predicted molar refractivity (Wildman–Crippen MR) is 87.1 cm³/mol. The van der Waals surface area contributed by atoms with Gasteiger partial charge in [-0.3, -0.25) is 4.79 Å². The zero-order valence-corrected chi connectivity index (χ0v) is 13.5. The average molecular weight is 380 g/mol. The van der Waals surface area contributed by atoms with Gasteiger partial charge in [0.05, 0.1) is 11.3 Å². The molecular weight excluding hydrogens is 371 g/mol. The van der Waals surface area contributed by atoms with Gasteiger partial charge in [-0.2, -0.15) is 5.10 Å². The topological polar surface area (TPSA) is 34.9 Å². The van der Waals surface area contributed by atoms with E-state index in [9.17, 15) is 9.18 Å². The minimum absolute atomic E-state index is 0.343. The molecule has 0 saturated heterocycles. The molecule has 0 aliphatic heterocycles. The minimum atomic E-state index is -0.343. The lowest BCUT2D eigenvalue weighted by Gasteiger charge is -2.03. The van der Waals surface area contributed by atoms with Crippen molar-refractivity contribution in [2.75, 3.05) is 0 Å². The van der Waals surface area contributed by atoms with Crippen LogP contribution >= 0.6 is 27.5 Å². The minimum Gasteiger partial charge on any atom is -0.298 e. The molecule has 110 valence electrons. The Kier molecular flexibility index (Phi) is 4.09. The maximum atomic E-state index is 13.1. The molecule has 0 amide bonds. The summed E-state index contributed by atoms with van der Waals surface area (Å²) >= 11 is 9.38. The molecule has 1 aromatic heterocycles. The summed E-state index contributed by atoms with van der Waals surface area (Å²) in [5.41, 5.74) is 2.24. The third kappa shape index (κ3) is 2.69. The Balaban J connectivity index is 2.18. The van der Waals surface area contributed by atoms with Crippen LogP contribution in [0.3, 0.4) is 0 Å². The zero-order valence-electron chi connectivity index (χ0n) is 11.1. The molecule has 0 saturated carbocycles. The van der Waals surface area contributed by atoms with E-state index in [2.05, 4.69) is 21.0 Å². The van der Waals surface area contributed by atoms with Crippen LogP contribution < -0.4 is 0 Å². The Morgan fingerprint density at radius 3 is 2.55 bits per heavy atom. The van der Waals surface area contributed by atoms with E-state index in [0.717, 1.165) is 12.0 Å². The monoisotopic (exact) mass is 378 g/mol. The molecule has 0 unspecified atom stereocenters. The third-order valence-electron chi connectivity index (χ3n) is 3.15. The van der Waals surface area contributed by atoms with Gasteiger partial charge in [0.1, 0.15) is 16.1 Å². The SMILES string of the molecule is O=Cc1c(-c2ccc(F)cc2)nn(-c2cccc(Cl)c2)c1Br. The van der Waals surface area contributed by atoms with Gasteiger partial charge in [0.25, 0.3) is 0 Å². The number of aromatic nitrogens is 2. The number of aldehydes is 1. The zero-order chi connectivity index (χ0) is 15.7. The Labute approximate surface area is 139 Å². The van der Waals surface area contributed by atoms with Gasteiger partial charge in [-0.1, -0.05) is 17.7 Å². The number of hydrogen-bond acceptors (Lipinski definition) is 2. The van der Waals surface area contributed by atoms with Gasteiger partial charge in [-0.15, -0.1) is 0 Å². The standard InChI is InChI=1S/C16H9BrClFN2O/c17-16-14(9-22)15(10-4-6-12(19)7-5-10)20-21(16)13-3-1-2-11(18)8-13/h1-9H. The van der Waals surface area contributed by atoms with E-state index in [0.29, 0.717) is 26.4 Å². The van der Waals surface area contributed by atoms with Crippen LogP contribution in [0.15, 0.2) is 53.1 Å². The Morgan fingerprint density at radius 1 is 1.18 bits per heavy atom. The Hall–Kier alpha value is -1.98. The summed E-state index contributed by atoms with van der Waals surface area (Å²) in [5.74, 6) is -0.343. The van der Waals surface area contributed by atoms with Crippen LogP contribution in [-0.4, -0.2) is 16.1 Å². The highest BCUT2D eigenvalue weighted by Crippen LogP contribution is 2.30. The lowest BCUT2D eigenvalue weighted by Crippen LogP contribution is -1.96. The molecule has 3 aromatic rings. The van der Waals surface area contributed by atoms with Crippen LogP contribution in [0.1, 0.15) is 10.4 Å². The van der Waals surface area contributed by atoms with E-state index in [1.54, 1.807) is 35.0 Å². The molecule has 0 atom stereocenters. The highest BCUT2D eigenvalue weighted by Gasteiger charge is 2.18. The van der Waals surface area contributed by atoms with Crippen molar-refractivity contribution in [2.45, 2.75) is 0 Å². The smallest absolute Gasteiger partial charge is 0.155 e. The number of carbonyl (C=O) groups excluding carboxylic acids is 1. The van der Waals surface area contributed by atoms with Crippen molar-refractivity contribution in [3.63, 3.8) is 0 Å². The van der Waals surface area contributed by atoms with Gasteiger partial charge >= 0.3 is 0 Å². The van der Waals surface area contributed by atoms with Crippen molar-refractivity contribution in [3.05, 3.63) is 69.5 Å². The van der Waals surface area contributed by atoms with E-state index in [1.807, 2.05) is 6.07 Å². The largest absolute Gasteiger partial charge is 0.298 e. The summed E-state index contributed by atoms with van der Waals surface area (Å²) in [5, 5.41) is 5.01. The fourth-order valence-corrected chi connectivity index (χ4v) is 2.86. The molecule has 0 fully saturated rings. The number of halogens is 3. The summed E-state index contributed by atoms with van der Waals surface area (Å²) in [7, 11) is 0.